The number of aromatic nitrogens is 2. The number of rotatable bonds is 10. The van der Waals surface area contributed by atoms with Gasteiger partial charge in [-0.05, 0) is 42.0 Å². The zero-order valence-electron chi connectivity index (χ0n) is 20.5. The first kappa shape index (κ1) is 26.6. The molecular formula is C27H24ClN3O7. The molecule has 0 aliphatic heterocycles. The van der Waals surface area contributed by atoms with Crippen molar-refractivity contribution < 1.29 is 28.6 Å². The van der Waals surface area contributed by atoms with Gasteiger partial charge in [0.25, 0.3) is 5.56 Å². The van der Waals surface area contributed by atoms with Crippen molar-refractivity contribution in [3.05, 3.63) is 88.3 Å². The molecule has 0 spiro atoms. The number of nitrogens with zero attached hydrogens (tertiary/aromatic N) is 2. The highest BCUT2D eigenvalue weighted by atomic mass is 35.5. The normalized spacial score (nSPS) is 11.7. The number of anilines is 1. The van der Waals surface area contributed by atoms with Gasteiger partial charge in [0, 0.05) is 48.0 Å². The molecule has 0 fully saturated rings. The highest BCUT2D eigenvalue weighted by molar-refractivity contribution is 6.31. The maximum atomic E-state index is 13.4. The number of aromatic carboxylic acids is 1. The van der Waals surface area contributed by atoms with Crippen LogP contribution in [0.2, 0.25) is 5.02 Å². The van der Waals surface area contributed by atoms with E-state index in [9.17, 15) is 14.4 Å². The third-order valence-corrected chi connectivity index (χ3v) is 6.11. The highest BCUT2D eigenvalue weighted by Crippen LogP contribution is 2.38. The van der Waals surface area contributed by atoms with Crippen molar-refractivity contribution in [2.24, 2.45) is 0 Å². The van der Waals surface area contributed by atoms with Gasteiger partial charge in [0.05, 0.1) is 18.9 Å². The molecular weight excluding hydrogens is 514 g/mol. The molecule has 4 rings (SSSR count). The van der Waals surface area contributed by atoms with E-state index in [1.807, 2.05) is 0 Å². The molecule has 0 radical (unpaired) electrons. The fraction of sp³-hybridized carbons (Fsp3) is 0.185. The Bertz CT molecular complexity index is 1500. The number of pyridine rings is 1. The lowest BCUT2D eigenvalue weighted by molar-refractivity contribution is -0.119. The fourth-order valence-electron chi connectivity index (χ4n) is 4.00. The molecule has 0 saturated heterocycles. The van der Waals surface area contributed by atoms with Crippen LogP contribution >= 0.6 is 11.6 Å². The van der Waals surface area contributed by atoms with Gasteiger partial charge >= 0.3 is 5.97 Å². The summed E-state index contributed by atoms with van der Waals surface area (Å²) in [5.41, 5.74) is 2.31. The van der Waals surface area contributed by atoms with Crippen LogP contribution in [0.1, 0.15) is 22.8 Å². The van der Waals surface area contributed by atoms with Crippen LogP contribution < -0.4 is 15.6 Å². The van der Waals surface area contributed by atoms with Crippen LogP contribution in [0.25, 0.3) is 22.4 Å². The lowest BCUT2D eigenvalue weighted by atomic mass is 9.97. The van der Waals surface area contributed by atoms with E-state index >= 15 is 0 Å². The van der Waals surface area contributed by atoms with E-state index in [0.717, 1.165) is 0 Å². The second-order valence-corrected chi connectivity index (χ2v) is 8.67. The van der Waals surface area contributed by atoms with Gasteiger partial charge in [-0.2, -0.15) is 0 Å². The van der Waals surface area contributed by atoms with Crippen molar-refractivity contribution in [1.29, 1.82) is 0 Å². The van der Waals surface area contributed by atoms with Crippen molar-refractivity contribution in [2.75, 3.05) is 26.1 Å². The lowest BCUT2D eigenvalue weighted by Gasteiger charge is -2.21. The Kier molecular flexibility index (Phi) is 8.25. The minimum atomic E-state index is -1.08. The van der Waals surface area contributed by atoms with E-state index < -0.39 is 23.5 Å². The largest absolute Gasteiger partial charge is 0.495 e. The number of carbonyl (C=O) groups excluding carboxylic acids is 1. The zero-order valence-corrected chi connectivity index (χ0v) is 21.3. The first-order valence-corrected chi connectivity index (χ1v) is 11.8. The van der Waals surface area contributed by atoms with Gasteiger partial charge in [-0.3, -0.25) is 14.2 Å². The van der Waals surface area contributed by atoms with Gasteiger partial charge < -0.3 is 24.3 Å². The van der Waals surface area contributed by atoms with Gasteiger partial charge in [0.15, 0.2) is 6.39 Å². The lowest BCUT2D eigenvalue weighted by Crippen LogP contribution is -2.34. The number of hydrogen-bond donors (Lipinski definition) is 2. The zero-order chi connectivity index (χ0) is 27.2. The van der Waals surface area contributed by atoms with Gasteiger partial charge in [0.2, 0.25) is 5.91 Å². The van der Waals surface area contributed by atoms with Gasteiger partial charge in [-0.1, -0.05) is 17.7 Å². The number of benzene rings is 2. The van der Waals surface area contributed by atoms with Gasteiger partial charge in [0.1, 0.15) is 23.7 Å². The third-order valence-electron chi connectivity index (χ3n) is 5.88. The maximum absolute atomic E-state index is 13.4. The molecule has 2 aromatic carbocycles. The van der Waals surface area contributed by atoms with Crippen LogP contribution in [0.3, 0.4) is 0 Å². The summed E-state index contributed by atoms with van der Waals surface area (Å²) in [6.45, 7) is 0.206. The number of amides is 1. The standard InChI is InChI=1S/C27H24ClN3O7/c1-36-10-9-23(26(33)30-18-6-3-16(4-7-18)27(34)35)31-13-24(37-2)21(12-25(31)32)20-11-17(28)5-8-19(20)22-14-38-15-29-22/h3-8,11-15,23H,9-10H2,1-2H3,(H,30,33)(H,34,35). The number of carbonyl (C=O) groups is 2. The van der Waals surface area contributed by atoms with E-state index in [1.165, 1.54) is 68.0 Å². The molecule has 38 heavy (non-hydrogen) atoms. The predicted molar refractivity (Wildman–Crippen MR) is 141 cm³/mol. The first-order chi connectivity index (χ1) is 18.3. The van der Waals surface area contributed by atoms with Crippen molar-refractivity contribution >= 4 is 29.2 Å². The molecule has 10 nitrogen and oxygen atoms in total. The average Bonchev–Trinajstić information content (AvgIpc) is 3.44. The van der Waals surface area contributed by atoms with Crippen molar-refractivity contribution in [3.63, 3.8) is 0 Å². The summed E-state index contributed by atoms with van der Waals surface area (Å²) in [4.78, 5) is 42.0. The number of halogens is 1. The van der Waals surface area contributed by atoms with E-state index in [1.54, 1.807) is 18.2 Å². The molecule has 0 aliphatic rings. The maximum Gasteiger partial charge on any atom is 0.335 e. The summed E-state index contributed by atoms with van der Waals surface area (Å²) in [6.07, 6.45) is 4.45. The summed E-state index contributed by atoms with van der Waals surface area (Å²) in [5.74, 6) is -1.23. The summed E-state index contributed by atoms with van der Waals surface area (Å²) < 4.78 is 17.2. The second kappa shape index (κ2) is 11.8. The fourth-order valence-corrected chi connectivity index (χ4v) is 4.17. The Labute approximate surface area is 222 Å². The average molecular weight is 538 g/mol. The van der Waals surface area contributed by atoms with E-state index in [4.69, 9.17) is 30.6 Å². The van der Waals surface area contributed by atoms with Crippen LogP contribution in [-0.4, -0.2) is 47.4 Å². The highest BCUT2D eigenvalue weighted by Gasteiger charge is 2.24. The molecule has 4 aromatic rings. The van der Waals surface area contributed by atoms with Crippen LogP contribution in [-0.2, 0) is 9.53 Å². The van der Waals surface area contributed by atoms with Crippen molar-refractivity contribution in [1.82, 2.24) is 9.55 Å². The summed E-state index contributed by atoms with van der Waals surface area (Å²) in [7, 11) is 2.96. The van der Waals surface area contributed by atoms with Crippen LogP contribution in [0.15, 0.2) is 76.6 Å². The summed E-state index contributed by atoms with van der Waals surface area (Å²) >= 11 is 6.28. The number of methoxy groups -OCH3 is 2. The van der Waals surface area contributed by atoms with Crippen LogP contribution in [0.4, 0.5) is 5.69 Å². The number of hydrogen-bond acceptors (Lipinski definition) is 7. The molecule has 11 heteroatoms. The number of carboxylic acid groups (broad SMARTS) is 1. The van der Waals surface area contributed by atoms with Crippen molar-refractivity contribution in [3.8, 4) is 28.1 Å². The number of oxazole rings is 1. The van der Waals surface area contributed by atoms with Crippen LogP contribution in [0, 0.1) is 0 Å². The molecule has 2 heterocycles. The number of ether oxygens (including phenoxy) is 2. The Balaban J connectivity index is 1.74. The van der Waals surface area contributed by atoms with E-state index in [0.29, 0.717) is 38.8 Å². The molecule has 0 aliphatic carbocycles. The topological polar surface area (TPSA) is 133 Å². The SMILES string of the molecule is COCCC(C(=O)Nc1ccc(C(=O)O)cc1)n1cc(OC)c(-c2cc(Cl)ccc2-c2cocn2)cc1=O. The van der Waals surface area contributed by atoms with E-state index in [2.05, 4.69) is 10.3 Å². The minimum absolute atomic E-state index is 0.0847. The molecule has 0 bridgehead atoms. The molecule has 0 saturated carbocycles. The number of carboxylic acids is 1. The molecule has 1 atom stereocenters. The first-order valence-electron chi connectivity index (χ1n) is 11.4. The van der Waals surface area contributed by atoms with Gasteiger partial charge in [-0.15, -0.1) is 0 Å². The molecule has 1 unspecified atom stereocenters. The summed E-state index contributed by atoms with van der Waals surface area (Å²) in [6, 6.07) is 11.3. The van der Waals surface area contributed by atoms with Gasteiger partial charge in [-0.25, -0.2) is 9.78 Å². The molecule has 2 aromatic heterocycles. The molecule has 2 N–H and O–H groups in total. The van der Waals surface area contributed by atoms with E-state index in [-0.39, 0.29) is 18.6 Å². The van der Waals surface area contributed by atoms with Crippen LogP contribution in [0.5, 0.6) is 5.75 Å². The monoisotopic (exact) mass is 537 g/mol. The Morgan fingerprint density at radius 1 is 1.11 bits per heavy atom. The Hall–Kier alpha value is -4.41. The molecule has 196 valence electrons. The predicted octanol–water partition coefficient (Wildman–Crippen LogP) is 4.75. The minimum Gasteiger partial charge on any atom is -0.495 e. The van der Waals surface area contributed by atoms with Crippen molar-refractivity contribution in [2.45, 2.75) is 12.5 Å². The summed E-state index contributed by atoms with van der Waals surface area (Å²) in [5, 5.41) is 12.3. The smallest absolute Gasteiger partial charge is 0.335 e. The Morgan fingerprint density at radius 2 is 1.87 bits per heavy atom. The molecule has 1 amide bonds. The quantitative estimate of drug-likeness (QED) is 0.296. The second-order valence-electron chi connectivity index (χ2n) is 8.23. The number of nitrogens with one attached hydrogen (secondary N) is 1. The Morgan fingerprint density at radius 3 is 2.50 bits per heavy atom. The third kappa shape index (κ3) is 5.77.